The van der Waals surface area contributed by atoms with Gasteiger partial charge in [0, 0.05) is 16.7 Å². The number of hydrogen-bond acceptors (Lipinski definition) is 3. The molecule has 17 heavy (non-hydrogen) atoms. The first-order valence-electron chi connectivity index (χ1n) is 5.71. The van der Waals surface area contributed by atoms with Crippen LogP contribution in [0.25, 0.3) is 0 Å². The molecule has 0 radical (unpaired) electrons. The average Bonchev–Trinajstić information content (AvgIpc) is 2.35. The van der Waals surface area contributed by atoms with Gasteiger partial charge in [-0.3, -0.25) is 11.3 Å². The van der Waals surface area contributed by atoms with E-state index in [1.54, 1.807) is 23.9 Å². The fourth-order valence-electron chi connectivity index (χ4n) is 1.45. The van der Waals surface area contributed by atoms with Gasteiger partial charge in [-0.05, 0) is 43.5 Å². The Morgan fingerprint density at radius 3 is 2.71 bits per heavy atom. The second kappa shape index (κ2) is 8.28. The van der Waals surface area contributed by atoms with Gasteiger partial charge in [0.2, 0.25) is 0 Å². The molecule has 0 aliphatic rings. The van der Waals surface area contributed by atoms with E-state index in [0.717, 1.165) is 29.9 Å². The fraction of sp³-hybridized carbons (Fsp3) is 0.385. The van der Waals surface area contributed by atoms with Crippen molar-refractivity contribution >= 4 is 11.8 Å². The summed E-state index contributed by atoms with van der Waals surface area (Å²) in [6.07, 6.45) is 5.04. The van der Waals surface area contributed by atoms with Crippen molar-refractivity contribution < 1.29 is 4.39 Å². The third-order valence-corrected chi connectivity index (χ3v) is 3.64. The SMILES string of the molecule is C=CCCCC(CSc1ccc(F)cc1)NN. The van der Waals surface area contributed by atoms with Gasteiger partial charge < -0.3 is 0 Å². The number of nitrogens with one attached hydrogen (secondary N) is 1. The molecule has 0 bridgehead atoms. The van der Waals surface area contributed by atoms with Crippen LogP contribution in [0, 0.1) is 5.82 Å². The summed E-state index contributed by atoms with van der Waals surface area (Å²) < 4.78 is 12.7. The molecule has 0 aliphatic heterocycles. The highest BCUT2D eigenvalue weighted by Gasteiger charge is 2.06. The Bertz CT molecular complexity index is 327. The van der Waals surface area contributed by atoms with Crippen LogP contribution in [0.2, 0.25) is 0 Å². The summed E-state index contributed by atoms with van der Waals surface area (Å²) in [4.78, 5) is 1.07. The molecule has 0 aliphatic carbocycles. The molecule has 0 heterocycles. The molecule has 0 amide bonds. The third-order valence-electron chi connectivity index (χ3n) is 2.46. The molecule has 1 unspecified atom stereocenters. The zero-order valence-electron chi connectivity index (χ0n) is 9.86. The Hall–Kier alpha value is -0.840. The Labute approximate surface area is 106 Å². The Kier molecular flexibility index (Phi) is 6.93. The number of halogens is 1. The van der Waals surface area contributed by atoms with Crippen LogP contribution in [-0.2, 0) is 0 Å². The van der Waals surface area contributed by atoms with Crippen LogP contribution in [0.4, 0.5) is 4.39 Å². The van der Waals surface area contributed by atoms with Crippen LogP contribution in [0.15, 0.2) is 41.8 Å². The first-order valence-corrected chi connectivity index (χ1v) is 6.70. The lowest BCUT2D eigenvalue weighted by Crippen LogP contribution is -2.36. The number of hydrazine groups is 1. The molecule has 0 fully saturated rings. The smallest absolute Gasteiger partial charge is 0.123 e. The van der Waals surface area contributed by atoms with Crippen LogP contribution in [-0.4, -0.2) is 11.8 Å². The number of hydrogen-bond donors (Lipinski definition) is 2. The molecule has 1 aromatic carbocycles. The predicted molar refractivity (Wildman–Crippen MR) is 72.3 cm³/mol. The number of rotatable bonds is 8. The summed E-state index contributed by atoms with van der Waals surface area (Å²) >= 11 is 1.68. The molecule has 1 aromatic rings. The molecule has 1 rings (SSSR count). The topological polar surface area (TPSA) is 38.0 Å². The maximum Gasteiger partial charge on any atom is 0.123 e. The zero-order valence-corrected chi connectivity index (χ0v) is 10.7. The standard InChI is InChI=1S/C13H19FN2S/c1-2-3-4-5-12(16-15)10-17-13-8-6-11(14)7-9-13/h2,6-9,12,16H,1,3-5,10,15H2. The van der Waals surface area contributed by atoms with Crippen molar-refractivity contribution in [1.82, 2.24) is 5.43 Å². The molecule has 1 atom stereocenters. The quantitative estimate of drug-likeness (QED) is 0.246. The van der Waals surface area contributed by atoms with Crippen molar-refractivity contribution in [1.29, 1.82) is 0 Å². The fourth-order valence-corrected chi connectivity index (χ4v) is 2.44. The maximum atomic E-state index is 12.7. The van der Waals surface area contributed by atoms with Crippen LogP contribution in [0.1, 0.15) is 19.3 Å². The lowest BCUT2D eigenvalue weighted by Gasteiger charge is -2.14. The minimum Gasteiger partial charge on any atom is -0.271 e. The van der Waals surface area contributed by atoms with Crippen molar-refractivity contribution in [2.45, 2.75) is 30.2 Å². The van der Waals surface area contributed by atoms with Gasteiger partial charge in [-0.1, -0.05) is 6.08 Å². The van der Waals surface area contributed by atoms with Gasteiger partial charge in [-0.25, -0.2) is 4.39 Å². The van der Waals surface area contributed by atoms with Crippen molar-refractivity contribution in [2.75, 3.05) is 5.75 Å². The highest BCUT2D eigenvalue weighted by molar-refractivity contribution is 7.99. The highest BCUT2D eigenvalue weighted by Crippen LogP contribution is 2.20. The van der Waals surface area contributed by atoms with Gasteiger partial charge in [-0.2, -0.15) is 0 Å². The van der Waals surface area contributed by atoms with Crippen molar-refractivity contribution in [2.24, 2.45) is 5.84 Å². The summed E-state index contributed by atoms with van der Waals surface area (Å²) in [7, 11) is 0. The summed E-state index contributed by atoms with van der Waals surface area (Å²) in [5.74, 6) is 6.18. The lowest BCUT2D eigenvalue weighted by molar-refractivity contribution is 0.522. The van der Waals surface area contributed by atoms with E-state index in [0.29, 0.717) is 0 Å². The van der Waals surface area contributed by atoms with Crippen LogP contribution >= 0.6 is 11.8 Å². The van der Waals surface area contributed by atoms with Gasteiger partial charge in [-0.15, -0.1) is 18.3 Å². The Morgan fingerprint density at radius 1 is 1.41 bits per heavy atom. The first kappa shape index (κ1) is 14.2. The Morgan fingerprint density at radius 2 is 2.12 bits per heavy atom. The minimum atomic E-state index is -0.200. The van der Waals surface area contributed by atoms with Gasteiger partial charge in [0.05, 0.1) is 0 Å². The van der Waals surface area contributed by atoms with Crippen molar-refractivity contribution in [3.63, 3.8) is 0 Å². The Balaban J connectivity index is 2.31. The number of benzene rings is 1. The summed E-state index contributed by atoms with van der Waals surface area (Å²) in [5.41, 5.74) is 2.81. The predicted octanol–water partition coefficient (Wildman–Crippen LogP) is 3.11. The molecule has 94 valence electrons. The number of unbranched alkanes of at least 4 members (excludes halogenated alkanes) is 1. The number of thioether (sulfide) groups is 1. The summed E-state index contributed by atoms with van der Waals surface area (Å²) in [6, 6.07) is 6.81. The second-order valence-corrected chi connectivity index (χ2v) is 4.94. The molecule has 2 nitrogen and oxygen atoms in total. The summed E-state index contributed by atoms with van der Waals surface area (Å²) in [5, 5.41) is 0. The molecular formula is C13H19FN2S. The molecule has 0 saturated carbocycles. The largest absolute Gasteiger partial charge is 0.271 e. The molecule has 0 saturated heterocycles. The van der Waals surface area contributed by atoms with E-state index in [4.69, 9.17) is 5.84 Å². The van der Waals surface area contributed by atoms with Gasteiger partial charge in [0.1, 0.15) is 5.82 Å². The van der Waals surface area contributed by atoms with E-state index in [1.807, 2.05) is 6.08 Å². The zero-order chi connectivity index (χ0) is 12.5. The van der Waals surface area contributed by atoms with Gasteiger partial charge in [0.15, 0.2) is 0 Å². The van der Waals surface area contributed by atoms with Gasteiger partial charge >= 0.3 is 0 Å². The van der Waals surface area contributed by atoms with E-state index in [9.17, 15) is 4.39 Å². The van der Waals surface area contributed by atoms with Crippen LogP contribution in [0.3, 0.4) is 0 Å². The van der Waals surface area contributed by atoms with E-state index in [2.05, 4.69) is 12.0 Å². The van der Waals surface area contributed by atoms with E-state index in [-0.39, 0.29) is 11.9 Å². The number of nitrogens with two attached hydrogens (primary N) is 1. The number of allylic oxidation sites excluding steroid dienone is 1. The molecule has 0 aromatic heterocycles. The van der Waals surface area contributed by atoms with Crippen molar-refractivity contribution in [3.05, 3.63) is 42.7 Å². The molecule has 3 N–H and O–H groups in total. The first-order chi connectivity index (χ1) is 8.26. The third kappa shape index (κ3) is 5.86. The minimum absolute atomic E-state index is 0.200. The monoisotopic (exact) mass is 254 g/mol. The van der Waals surface area contributed by atoms with Crippen LogP contribution in [0.5, 0.6) is 0 Å². The molecule has 4 heteroatoms. The van der Waals surface area contributed by atoms with Crippen LogP contribution < -0.4 is 11.3 Å². The molecular weight excluding hydrogens is 235 g/mol. The van der Waals surface area contributed by atoms with Crippen molar-refractivity contribution in [3.8, 4) is 0 Å². The summed E-state index contributed by atoms with van der Waals surface area (Å²) in [6.45, 7) is 3.69. The normalized spacial score (nSPS) is 12.4. The lowest BCUT2D eigenvalue weighted by atomic mass is 10.1. The van der Waals surface area contributed by atoms with E-state index >= 15 is 0 Å². The molecule has 0 spiro atoms. The average molecular weight is 254 g/mol. The van der Waals surface area contributed by atoms with E-state index < -0.39 is 0 Å². The second-order valence-electron chi connectivity index (χ2n) is 3.85. The van der Waals surface area contributed by atoms with Gasteiger partial charge in [0.25, 0.3) is 0 Å². The highest BCUT2D eigenvalue weighted by atomic mass is 32.2. The maximum absolute atomic E-state index is 12.7. The van der Waals surface area contributed by atoms with E-state index in [1.165, 1.54) is 12.1 Å².